The number of hydrogen-bond acceptors (Lipinski definition) is 4. The van der Waals surface area contributed by atoms with Gasteiger partial charge in [0.1, 0.15) is 12.3 Å². The van der Waals surface area contributed by atoms with Crippen LogP contribution in [-0.2, 0) is 13.7 Å². The number of hydrogen-bond donors (Lipinski definition) is 0. The highest BCUT2D eigenvalue weighted by atomic mass is 16.5. The van der Waals surface area contributed by atoms with E-state index in [1.165, 1.54) is 6.08 Å². The molecule has 0 aliphatic heterocycles. The Morgan fingerprint density at radius 3 is 2.56 bits per heavy atom. The summed E-state index contributed by atoms with van der Waals surface area (Å²) in [6.07, 6.45) is 3.30. The van der Waals surface area contributed by atoms with Crippen LogP contribution in [0.3, 0.4) is 0 Å². The average Bonchev–Trinajstić information content (AvgIpc) is 3.03. The smallest absolute Gasteiger partial charge is 0.203 e. The summed E-state index contributed by atoms with van der Waals surface area (Å²) in [5.41, 5.74) is 3.31. The molecule has 0 bridgehead atoms. The standard InChI is InChI=1S/C22H22N2O3/c1-16-13-19(24(2)23-16)20(25)11-9-17-10-12-21(22(14-17)26-3)27-15-18-7-5-4-6-8-18/h4-14H,15H2,1-3H3/b11-9+. The quantitative estimate of drug-likeness (QED) is 0.467. The van der Waals surface area contributed by atoms with Gasteiger partial charge in [0.15, 0.2) is 11.5 Å². The van der Waals surface area contributed by atoms with Gasteiger partial charge in [-0.1, -0.05) is 42.5 Å². The highest BCUT2D eigenvalue weighted by molar-refractivity contribution is 6.05. The summed E-state index contributed by atoms with van der Waals surface area (Å²) in [5.74, 6) is 1.19. The summed E-state index contributed by atoms with van der Waals surface area (Å²) in [7, 11) is 3.36. The first-order chi connectivity index (χ1) is 13.1. The Hall–Kier alpha value is -3.34. The third-order valence-corrected chi connectivity index (χ3v) is 4.11. The molecule has 5 heteroatoms. The monoisotopic (exact) mass is 362 g/mol. The van der Waals surface area contributed by atoms with Crippen LogP contribution in [0.2, 0.25) is 0 Å². The number of carbonyl (C=O) groups excluding carboxylic acids is 1. The highest BCUT2D eigenvalue weighted by Crippen LogP contribution is 2.29. The normalized spacial score (nSPS) is 10.9. The summed E-state index contributed by atoms with van der Waals surface area (Å²) in [4.78, 5) is 12.3. The Morgan fingerprint density at radius 2 is 1.89 bits per heavy atom. The molecule has 0 saturated heterocycles. The highest BCUT2D eigenvalue weighted by Gasteiger charge is 2.09. The van der Waals surface area contributed by atoms with Gasteiger partial charge in [0.05, 0.1) is 12.8 Å². The number of rotatable bonds is 7. The third kappa shape index (κ3) is 4.64. The Bertz CT molecular complexity index is 959. The van der Waals surface area contributed by atoms with Crippen molar-refractivity contribution < 1.29 is 14.3 Å². The van der Waals surface area contributed by atoms with Crippen molar-refractivity contribution in [2.45, 2.75) is 13.5 Å². The Kier molecular flexibility index (Phi) is 5.71. The van der Waals surface area contributed by atoms with Crippen molar-refractivity contribution in [3.63, 3.8) is 0 Å². The van der Waals surface area contributed by atoms with Crippen LogP contribution >= 0.6 is 0 Å². The van der Waals surface area contributed by atoms with Gasteiger partial charge in [-0.15, -0.1) is 0 Å². The maximum absolute atomic E-state index is 12.3. The molecule has 1 heterocycles. The molecule has 0 saturated carbocycles. The molecular formula is C22H22N2O3. The minimum absolute atomic E-state index is 0.0959. The van der Waals surface area contributed by atoms with E-state index in [1.807, 2.05) is 55.5 Å². The molecule has 0 amide bonds. The van der Waals surface area contributed by atoms with Gasteiger partial charge in [-0.3, -0.25) is 9.48 Å². The number of carbonyl (C=O) groups is 1. The molecular weight excluding hydrogens is 340 g/mol. The van der Waals surface area contributed by atoms with E-state index in [0.717, 1.165) is 16.8 Å². The van der Waals surface area contributed by atoms with Crippen LogP contribution in [0, 0.1) is 6.92 Å². The zero-order valence-corrected chi connectivity index (χ0v) is 15.7. The minimum atomic E-state index is -0.0959. The van der Waals surface area contributed by atoms with Gasteiger partial charge in [-0.05, 0) is 42.3 Å². The van der Waals surface area contributed by atoms with Crippen LogP contribution in [0.5, 0.6) is 11.5 Å². The molecule has 0 aliphatic carbocycles. The molecule has 0 fully saturated rings. The number of allylic oxidation sites excluding steroid dienone is 1. The van der Waals surface area contributed by atoms with Crippen molar-refractivity contribution in [2.75, 3.05) is 7.11 Å². The number of nitrogens with zero attached hydrogens (tertiary/aromatic N) is 2. The van der Waals surface area contributed by atoms with Crippen molar-refractivity contribution in [1.29, 1.82) is 0 Å². The van der Waals surface area contributed by atoms with Gasteiger partial charge in [-0.2, -0.15) is 5.10 Å². The molecule has 0 radical (unpaired) electrons. The maximum Gasteiger partial charge on any atom is 0.203 e. The molecule has 0 aliphatic rings. The number of benzene rings is 2. The van der Waals surface area contributed by atoms with Crippen LogP contribution in [0.15, 0.2) is 60.7 Å². The fourth-order valence-corrected chi connectivity index (χ4v) is 2.74. The average molecular weight is 362 g/mol. The molecule has 0 unspecified atom stereocenters. The molecule has 3 aromatic rings. The molecule has 0 atom stereocenters. The van der Waals surface area contributed by atoms with Crippen molar-refractivity contribution in [3.8, 4) is 11.5 Å². The first-order valence-electron chi connectivity index (χ1n) is 8.64. The van der Waals surface area contributed by atoms with Gasteiger partial charge in [0, 0.05) is 7.05 Å². The minimum Gasteiger partial charge on any atom is -0.493 e. The van der Waals surface area contributed by atoms with E-state index >= 15 is 0 Å². The first kappa shape index (κ1) is 18.5. The van der Waals surface area contributed by atoms with Crippen LogP contribution in [-0.4, -0.2) is 22.7 Å². The lowest BCUT2D eigenvalue weighted by molar-refractivity contribution is 0.103. The SMILES string of the molecule is COc1cc(/C=C/C(=O)c2cc(C)nn2C)ccc1OCc1ccccc1. The predicted molar refractivity (Wildman–Crippen MR) is 105 cm³/mol. The molecule has 138 valence electrons. The fraction of sp³-hybridized carbons (Fsp3) is 0.182. The second-order valence-corrected chi connectivity index (χ2v) is 6.18. The van der Waals surface area contributed by atoms with E-state index in [-0.39, 0.29) is 5.78 Å². The first-order valence-corrected chi connectivity index (χ1v) is 8.64. The zero-order chi connectivity index (χ0) is 19.2. The summed E-state index contributed by atoms with van der Waals surface area (Å²) < 4.78 is 12.9. The lowest BCUT2D eigenvalue weighted by atomic mass is 10.1. The second kappa shape index (κ2) is 8.36. The van der Waals surface area contributed by atoms with Crippen molar-refractivity contribution in [1.82, 2.24) is 9.78 Å². The Morgan fingerprint density at radius 1 is 1.11 bits per heavy atom. The molecule has 2 aromatic carbocycles. The topological polar surface area (TPSA) is 53.3 Å². The number of ketones is 1. The fourth-order valence-electron chi connectivity index (χ4n) is 2.74. The van der Waals surface area contributed by atoms with E-state index in [1.54, 1.807) is 31.0 Å². The number of methoxy groups -OCH3 is 1. The Labute approximate surface area is 158 Å². The lowest BCUT2D eigenvalue weighted by Crippen LogP contribution is -2.03. The van der Waals surface area contributed by atoms with E-state index in [0.29, 0.717) is 23.8 Å². The predicted octanol–water partition coefficient (Wildman–Crippen LogP) is 4.21. The summed E-state index contributed by atoms with van der Waals surface area (Å²) in [6.45, 7) is 2.32. The molecule has 27 heavy (non-hydrogen) atoms. The second-order valence-electron chi connectivity index (χ2n) is 6.18. The summed E-state index contributed by atoms with van der Waals surface area (Å²) >= 11 is 0. The van der Waals surface area contributed by atoms with Gasteiger partial charge in [0.25, 0.3) is 0 Å². The van der Waals surface area contributed by atoms with Crippen LogP contribution in [0.4, 0.5) is 0 Å². The summed E-state index contributed by atoms with van der Waals surface area (Å²) in [6, 6.07) is 17.3. The molecule has 5 nitrogen and oxygen atoms in total. The number of aryl methyl sites for hydroxylation is 2. The van der Waals surface area contributed by atoms with Crippen LogP contribution < -0.4 is 9.47 Å². The van der Waals surface area contributed by atoms with Gasteiger partial charge in [0.2, 0.25) is 5.78 Å². The van der Waals surface area contributed by atoms with Crippen molar-refractivity contribution >= 4 is 11.9 Å². The largest absolute Gasteiger partial charge is 0.493 e. The van der Waals surface area contributed by atoms with Gasteiger partial charge in [-0.25, -0.2) is 0 Å². The van der Waals surface area contributed by atoms with E-state index < -0.39 is 0 Å². The van der Waals surface area contributed by atoms with E-state index in [2.05, 4.69) is 5.10 Å². The Balaban J connectivity index is 1.71. The van der Waals surface area contributed by atoms with Gasteiger partial charge < -0.3 is 9.47 Å². The lowest BCUT2D eigenvalue weighted by Gasteiger charge is -2.11. The molecule has 1 aromatic heterocycles. The van der Waals surface area contributed by atoms with Crippen molar-refractivity contribution in [2.24, 2.45) is 7.05 Å². The molecule has 0 spiro atoms. The van der Waals surface area contributed by atoms with Crippen LogP contribution in [0.25, 0.3) is 6.08 Å². The van der Waals surface area contributed by atoms with Crippen LogP contribution in [0.1, 0.15) is 27.3 Å². The zero-order valence-electron chi connectivity index (χ0n) is 15.7. The van der Waals surface area contributed by atoms with E-state index in [4.69, 9.17) is 9.47 Å². The van der Waals surface area contributed by atoms with Gasteiger partial charge >= 0.3 is 0 Å². The number of ether oxygens (including phenoxy) is 2. The maximum atomic E-state index is 12.3. The molecule has 3 rings (SSSR count). The molecule has 0 N–H and O–H groups in total. The summed E-state index contributed by atoms with van der Waals surface area (Å²) in [5, 5.41) is 4.20. The van der Waals surface area contributed by atoms with Crippen molar-refractivity contribution in [3.05, 3.63) is 83.2 Å². The number of aromatic nitrogens is 2. The third-order valence-electron chi connectivity index (χ3n) is 4.11. The van der Waals surface area contributed by atoms with E-state index in [9.17, 15) is 4.79 Å².